The number of carbonyl (C=O) groups excluding carboxylic acids is 1. The molecule has 0 radical (unpaired) electrons. The van der Waals surface area contributed by atoms with Gasteiger partial charge in [0.25, 0.3) is 0 Å². The largest absolute Gasteiger partial charge is 0.370 e. The van der Waals surface area contributed by atoms with E-state index >= 15 is 0 Å². The van der Waals surface area contributed by atoms with Crippen LogP contribution >= 0.6 is 11.6 Å². The number of hydrogen-bond acceptors (Lipinski definition) is 7. The van der Waals surface area contributed by atoms with Crippen molar-refractivity contribution in [3.8, 4) is 11.3 Å². The molecule has 0 bridgehead atoms. The van der Waals surface area contributed by atoms with Crippen LogP contribution in [0.2, 0.25) is 5.02 Å². The number of fused-ring (bicyclic) bond motifs is 1. The molecule has 0 aliphatic rings. The monoisotopic (exact) mass is 523 g/mol. The molecule has 0 spiro atoms. The predicted octanol–water partition coefficient (Wildman–Crippen LogP) is 6.26. The number of unbranched alkanes of at least 4 members (excludes halogenated alkanes) is 4. The fraction of sp³-hybridized carbons (Fsp3) is 0.407. The summed E-state index contributed by atoms with van der Waals surface area (Å²) in [6, 6.07) is 8.04. The lowest BCUT2D eigenvalue weighted by atomic mass is 9.98. The Hall–Kier alpha value is -3.43. The predicted molar refractivity (Wildman–Crippen MR) is 146 cm³/mol. The Morgan fingerprint density at radius 1 is 1.11 bits per heavy atom. The number of hydrogen-bond donors (Lipinski definition) is 3. The van der Waals surface area contributed by atoms with Crippen LogP contribution in [-0.2, 0) is 16.2 Å². The van der Waals surface area contributed by atoms with Crippen LogP contribution in [0.5, 0.6) is 0 Å². The number of nitrogens with zero attached hydrogens (tertiary/aromatic N) is 4. The van der Waals surface area contributed by atoms with Crippen molar-refractivity contribution in [1.29, 1.82) is 0 Å². The Morgan fingerprint density at radius 3 is 2.73 bits per heavy atom. The number of H-pyrrole nitrogens is 1. The van der Waals surface area contributed by atoms with Crippen molar-refractivity contribution in [2.45, 2.75) is 59.4 Å². The minimum absolute atomic E-state index is 0.238. The first-order chi connectivity index (χ1) is 17.8. The van der Waals surface area contributed by atoms with Crippen LogP contribution in [0.1, 0.15) is 52.9 Å². The summed E-state index contributed by atoms with van der Waals surface area (Å²) in [4.78, 5) is 29.0. The highest BCUT2D eigenvalue weighted by Gasteiger charge is 2.23. The molecule has 3 heterocycles. The number of rotatable bonds is 12. The van der Waals surface area contributed by atoms with Gasteiger partial charge < -0.3 is 15.1 Å². The van der Waals surface area contributed by atoms with Crippen molar-refractivity contribution in [2.75, 3.05) is 11.9 Å². The summed E-state index contributed by atoms with van der Waals surface area (Å²) in [5, 5.41) is 9.23. The maximum absolute atomic E-state index is 11.7. The number of aromatic amines is 1. The topological polar surface area (TPSA) is 110 Å². The number of halogens is 1. The van der Waals surface area contributed by atoms with E-state index in [1.807, 2.05) is 62.1 Å². The van der Waals surface area contributed by atoms with E-state index in [1.165, 1.54) is 0 Å². The van der Waals surface area contributed by atoms with Gasteiger partial charge in [-0.1, -0.05) is 49.1 Å². The van der Waals surface area contributed by atoms with Gasteiger partial charge >= 0.3 is 5.97 Å². The van der Waals surface area contributed by atoms with E-state index in [-0.39, 0.29) is 5.97 Å². The third-order valence-electron chi connectivity index (χ3n) is 5.92. The lowest BCUT2D eigenvalue weighted by molar-refractivity contribution is -0.160. The maximum Gasteiger partial charge on any atom is 0.329 e. The summed E-state index contributed by atoms with van der Waals surface area (Å²) in [5.74, 6) is 0.226. The van der Waals surface area contributed by atoms with Crippen LogP contribution in [0.15, 0.2) is 49.1 Å². The SMILES string of the molecule is CC(C)(C)C(=O)ONCCCCCCCn1cc(Nc2ncc(Cl)c(-c3c[nH]c4ccccc34)n2)cn1. The smallest absolute Gasteiger partial charge is 0.329 e. The van der Waals surface area contributed by atoms with Crippen molar-refractivity contribution in [3.63, 3.8) is 0 Å². The summed E-state index contributed by atoms with van der Waals surface area (Å²) in [6.45, 7) is 7.02. The minimum Gasteiger partial charge on any atom is -0.370 e. The van der Waals surface area contributed by atoms with Gasteiger partial charge in [0.1, 0.15) is 0 Å². The molecule has 9 nitrogen and oxygen atoms in total. The first-order valence-corrected chi connectivity index (χ1v) is 13.0. The van der Waals surface area contributed by atoms with Gasteiger partial charge in [-0.3, -0.25) is 4.68 Å². The Bertz CT molecular complexity index is 1330. The van der Waals surface area contributed by atoms with E-state index in [1.54, 1.807) is 12.4 Å². The summed E-state index contributed by atoms with van der Waals surface area (Å²) >= 11 is 6.44. The van der Waals surface area contributed by atoms with Crippen molar-refractivity contribution in [1.82, 2.24) is 30.2 Å². The normalized spacial score (nSPS) is 11.7. The van der Waals surface area contributed by atoms with Gasteiger partial charge in [0.15, 0.2) is 0 Å². The van der Waals surface area contributed by atoms with Gasteiger partial charge in [0.2, 0.25) is 5.95 Å². The van der Waals surface area contributed by atoms with Crippen LogP contribution in [0.3, 0.4) is 0 Å². The zero-order chi connectivity index (χ0) is 26.3. The number of carbonyl (C=O) groups is 1. The molecule has 0 fully saturated rings. The molecule has 0 amide bonds. The van der Waals surface area contributed by atoms with Gasteiger partial charge in [-0.2, -0.15) is 10.6 Å². The Labute approximate surface area is 221 Å². The highest BCUT2D eigenvalue weighted by molar-refractivity contribution is 6.33. The first-order valence-electron chi connectivity index (χ1n) is 12.6. The summed E-state index contributed by atoms with van der Waals surface area (Å²) < 4.78 is 1.92. The summed E-state index contributed by atoms with van der Waals surface area (Å²) in [6.07, 6.45) is 12.6. The first kappa shape index (κ1) is 26.6. The van der Waals surface area contributed by atoms with E-state index in [9.17, 15) is 4.79 Å². The van der Waals surface area contributed by atoms with Crippen LogP contribution in [0, 0.1) is 5.41 Å². The van der Waals surface area contributed by atoms with Crippen LogP contribution in [0.25, 0.3) is 22.2 Å². The van der Waals surface area contributed by atoms with Crippen molar-refractivity contribution in [2.24, 2.45) is 5.41 Å². The summed E-state index contributed by atoms with van der Waals surface area (Å²) in [7, 11) is 0. The molecule has 0 aliphatic heterocycles. The van der Waals surface area contributed by atoms with E-state index in [2.05, 4.69) is 30.8 Å². The fourth-order valence-corrected chi connectivity index (χ4v) is 4.03. The number of para-hydroxylation sites is 1. The average Bonchev–Trinajstić information content (AvgIpc) is 3.50. The molecular weight excluding hydrogens is 490 g/mol. The average molecular weight is 524 g/mol. The quantitative estimate of drug-likeness (QED) is 0.148. The fourth-order valence-electron chi connectivity index (χ4n) is 3.83. The van der Waals surface area contributed by atoms with Gasteiger partial charge in [0.05, 0.1) is 34.2 Å². The van der Waals surface area contributed by atoms with E-state index in [0.717, 1.165) is 60.8 Å². The molecule has 0 unspecified atom stereocenters. The van der Waals surface area contributed by atoms with Gasteiger partial charge in [-0.25, -0.2) is 14.8 Å². The Morgan fingerprint density at radius 2 is 1.89 bits per heavy atom. The Kier molecular flexibility index (Phi) is 8.78. The van der Waals surface area contributed by atoms with Crippen molar-refractivity contribution < 1.29 is 9.63 Å². The molecule has 0 atom stereocenters. The zero-order valence-corrected chi connectivity index (χ0v) is 22.3. The van der Waals surface area contributed by atoms with E-state index < -0.39 is 5.41 Å². The molecule has 196 valence electrons. The maximum atomic E-state index is 11.7. The third-order valence-corrected chi connectivity index (χ3v) is 6.20. The molecular formula is C27H34ClN7O2. The number of nitrogens with one attached hydrogen (secondary N) is 3. The highest BCUT2D eigenvalue weighted by atomic mass is 35.5. The van der Waals surface area contributed by atoms with E-state index in [4.69, 9.17) is 16.4 Å². The standard InChI is InChI=1S/C27H34ClN7O2/c1-27(2,3)25(36)37-32-13-9-5-4-6-10-14-35-18-19(15-31-35)33-26-30-17-22(28)24(34-26)21-16-29-23-12-8-7-11-20(21)23/h7-8,11-12,15-18,29,32H,4-6,9-10,13-14H2,1-3H3,(H,30,33,34). The third kappa shape index (κ3) is 7.30. The summed E-state index contributed by atoms with van der Waals surface area (Å²) in [5.41, 5.74) is 5.73. The van der Waals surface area contributed by atoms with Gasteiger partial charge in [0, 0.05) is 41.9 Å². The second-order valence-electron chi connectivity index (χ2n) is 10.1. The highest BCUT2D eigenvalue weighted by Crippen LogP contribution is 2.32. The molecule has 0 aliphatic carbocycles. The molecule has 0 saturated carbocycles. The lowest BCUT2D eigenvalue weighted by Crippen LogP contribution is -2.30. The number of aryl methyl sites for hydroxylation is 1. The second-order valence-corrected chi connectivity index (χ2v) is 10.5. The second kappa shape index (κ2) is 12.2. The molecule has 1 aromatic carbocycles. The number of hydroxylamine groups is 1. The number of anilines is 2. The van der Waals surface area contributed by atoms with Crippen molar-refractivity contribution in [3.05, 3.63) is 54.1 Å². The number of benzene rings is 1. The molecule has 0 saturated heterocycles. The van der Waals surface area contributed by atoms with Gasteiger partial charge in [-0.05, 0) is 39.7 Å². The number of aromatic nitrogens is 5. The Balaban J connectivity index is 1.20. The molecule has 10 heteroatoms. The molecule has 37 heavy (non-hydrogen) atoms. The zero-order valence-electron chi connectivity index (χ0n) is 21.6. The van der Waals surface area contributed by atoms with Crippen LogP contribution in [0.4, 0.5) is 11.6 Å². The molecule has 3 aromatic heterocycles. The molecule has 4 aromatic rings. The van der Waals surface area contributed by atoms with Crippen LogP contribution < -0.4 is 10.8 Å². The van der Waals surface area contributed by atoms with Crippen molar-refractivity contribution >= 4 is 40.1 Å². The molecule has 4 rings (SSSR count). The van der Waals surface area contributed by atoms with E-state index in [0.29, 0.717) is 23.2 Å². The van der Waals surface area contributed by atoms with Gasteiger partial charge in [-0.15, -0.1) is 0 Å². The minimum atomic E-state index is -0.489. The lowest BCUT2D eigenvalue weighted by Gasteiger charge is -2.16. The molecule has 3 N–H and O–H groups in total. The van der Waals surface area contributed by atoms with Crippen LogP contribution in [-0.4, -0.2) is 37.2 Å².